The highest BCUT2D eigenvalue weighted by Crippen LogP contribution is 2.22. The van der Waals surface area contributed by atoms with Gasteiger partial charge in [-0.2, -0.15) is 0 Å². The lowest BCUT2D eigenvalue weighted by atomic mass is 10.0. The van der Waals surface area contributed by atoms with E-state index in [1.165, 1.54) is 0 Å². The number of carboxylic acid groups (broad SMARTS) is 1. The molecule has 0 saturated heterocycles. The summed E-state index contributed by atoms with van der Waals surface area (Å²) in [6.45, 7) is 0. The molecule has 2 N–H and O–H groups in total. The molecule has 0 aliphatic heterocycles. The van der Waals surface area contributed by atoms with Gasteiger partial charge in [-0.1, -0.05) is 60.7 Å². The summed E-state index contributed by atoms with van der Waals surface area (Å²) >= 11 is 0. The number of aliphatic carboxylic acids is 1. The number of rotatable bonds is 5. The summed E-state index contributed by atoms with van der Waals surface area (Å²) in [7, 11) is 0. The summed E-state index contributed by atoms with van der Waals surface area (Å²) in [5.74, 6) is -1.72. The molecule has 0 saturated carbocycles. The third kappa shape index (κ3) is 3.84. The number of hydrogen-bond acceptors (Lipinski definition) is 4. The molecule has 0 fully saturated rings. The van der Waals surface area contributed by atoms with Gasteiger partial charge in [-0.25, -0.2) is 9.59 Å². The number of benzene rings is 3. The highest BCUT2D eigenvalue weighted by molar-refractivity contribution is 5.98. The van der Waals surface area contributed by atoms with Crippen LogP contribution in [0.5, 0.6) is 0 Å². The van der Waals surface area contributed by atoms with E-state index < -0.39 is 23.5 Å². The molecule has 4 rings (SSSR count). The second-order valence-electron chi connectivity index (χ2n) is 6.72. The molecule has 3 aromatic carbocycles. The molecule has 4 aromatic rings. The van der Waals surface area contributed by atoms with E-state index in [1.54, 1.807) is 72.8 Å². The Balaban J connectivity index is 1.66. The van der Waals surface area contributed by atoms with Gasteiger partial charge in [-0.05, 0) is 35.4 Å². The third-order valence-corrected chi connectivity index (χ3v) is 4.73. The number of carbonyl (C=O) groups excluding carboxylic acids is 1. The molecule has 30 heavy (non-hydrogen) atoms. The highest BCUT2D eigenvalue weighted by Gasteiger charge is 2.22. The molecule has 0 aliphatic rings. The zero-order valence-corrected chi connectivity index (χ0v) is 15.7. The molecular formula is C24H17NO5. The van der Waals surface area contributed by atoms with E-state index in [0.717, 1.165) is 5.39 Å². The molecule has 0 aliphatic carbocycles. The van der Waals surface area contributed by atoms with Crippen molar-refractivity contribution < 1.29 is 19.1 Å². The molecule has 148 valence electrons. The standard InChI is InChI=1S/C24H17NO5/c26-22(25-21(23(27)28)15-7-2-1-3-8-15)18-11-6-10-16(13-18)19-14-17-9-4-5-12-20(17)30-24(19)29/h1-14,21H,(H,25,26)(H,27,28). The lowest BCUT2D eigenvalue weighted by Gasteiger charge is -2.15. The molecule has 1 unspecified atom stereocenters. The first kappa shape index (κ1) is 19.1. The van der Waals surface area contributed by atoms with Gasteiger partial charge in [0.2, 0.25) is 0 Å². The largest absolute Gasteiger partial charge is 0.479 e. The van der Waals surface area contributed by atoms with E-state index in [-0.39, 0.29) is 5.56 Å². The Kier molecular flexibility index (Phi) is 5.13. The molecule has 0 spiro atoms. The van der Waals surface area contributed by atoms with Gasteiger partial charge in [0.05, 0.1) is 5.56 Å². The maximum absolute atomic E-state index is 12.7. The van der Waals surface area contributed by atoms with Crippen molar-refractivity contribution in [2.45, 2.75) is 6.04 Å². The van der Waals surface area contributed by atoms with Crippen molar-refractivity contribution in [3.05, 3.63) is 106 Å². The molecule has 6 heteroatoms. The van der Waals surface area contributed by atoms with Crippen molar-refractivity contribution in [1.29, 1.82) is 0 Å². The van der Waals surface area contributed by atoms with Crippen LogP contribution in [0.2, 0.25) is 0 Å². The first-order chi connectivity index (χ1) is 14.5. The van der Waals surface area contributed by atoms with Gasteiger partial charge in [0, 0.05) is 10.9 Å². The van der Waals surface area contributed by atoms with Crippen molar-refractivity contribution >= 4 is 22.8 Å². The minimum atomic E-state index is -1.19. The zero-order valence-electron chi connectivity index (χ0n) is 15.7. The van der Waals surface area contributed by atoms with E-state index in [0.29, 0.717) is 22.3 Å². The van der Waals surface area contributed by atoms with E-state index in [4.69, 9.17) is 4.42 Å². The summed E-state index contributed by atoms with van der Waals surface area (Å²) in [6.07, 6.45) is 0. The third-order valence-electron chi connectivity index (χ3n) is 4.73. The van der Waals surface area contributed by atoms with E-state index in [2.05, 4.69) is 5.32 Å². The number of fused-ring (bicyclic) bond motifs is 1. The topological polar surface area (TPSA) is 96.6 Å². The van der Waals surface area contributed by atoms with Crippen LogP contribution in [0.1, 0.15) is 22.0 Å². The molecule has 1 heterocycles. The van der Waals surface area contributed by atoms with Gasteiger partial charge in [-0.3, -0.25) is 4.79 Å². The van der Waals surface area contributed by atoms with Crippen LogP contribution >= 0.6 is 0 Å². The first-order valence-electron chi connectivity index (χ1n) is 9.25. The van der Waals surface area contributed by atoms with Crippen LogP contribution in [0.4, 0.5) is 0 Å². The Morgan fingerprint density at radius 2 is 1.60 bits per heavy atom. The quantitative estimate of drug-likeness (QED) is 0.494. The van der Waals surface area contributed by atoms with E-state index >= 15 is 0 Å². The maximum Gasteiger partial charge on any atom is 0.344 e. The van der Waals surface area contributed by atoms with Gasteiger partial charge in [-0.15, -0.1) is 0 Å². The average molecular weight is 399 g/mol. The van der Waals surface area contributed by atoms with Crippen LogP contribution in [0.3, 0.4) is 0 Å². The number of para-hydroxylation sites is 1. The fraction of sp³-hybridized carbons (Fsp3) is 0.0417. The fourth-order valence-corrected chi connectivity index (χ4v) is 3.24. The van der Waals surface area contributed by atoms with Crippen LogP contribution in [0, 0.1) is 0 Å². The van der Waals surface area contributed by atoms with Crippen LogP contribution < -0.4 is 10.9 Å². The zero-order chi connectivity index (χ0) is 21.1. The molecule has 1 atom stereocenters. The van der Waals surface area contributed by atoms with Crippen LogP contribution in [-0.4, -0.2) is 17.0 Å². The van der Waals surface area contributed by atoms with Crippen molar-refractivity contribution in [2.75, 3.05) is 0 Å². The fourth-order valence-electron chi connectivity index (χ4n) is 3.24. The molecule has 6 nitrogen and oxygen atoms in total. The normalized spacial score (nSPS) is 11.7. The van der Waals surface area contributed by atoms with E-state index in [1.807, 2.05) is 12.1 Å². The number of nitrogens with one attached hydrogen (secondary N) is 1. The minimum absolute atomic E-state index is 0.238. The average Bonchev–Trinajstić information content (AvgIpc) is 2.77. The van der Waals surface area contributed by atoms with Gasteiger partial charge >= 0.3 is 11.6 Å². The van der Waals surface area contributed by atoms with Gasteiger partial charge < -0.3 is 14.8 Å². The monoisotopic (exact) mass is 399 g/mol. The first-order valence-corrected chi connectivity index (χ1v) is 9.25. The van der Waals surface area contributed by atoms with Crippen molar-refractivity contribution in [2.24, 2.45) is 0 Å². The maximum atomic E-state index is 12.7. The molecule has 1 aromatic heterocycles. The predicted molar refractivity (Wildman–Crippen MR) is 112 cm³/mol. The summed E-state index contributed by atoms with van der Waals surface area (Å²) in [6, 6.07) is 22.6. The van der Waals surface area contributed by atoms with Crippen molar-refractivity contribution in [1.82, 2.24) is 5.32 Å². The van der Waals surface area contributed by atoms with Crippen LogP contribution in [-0.2, 0) is 4.79 Å². The summed E-state index contributed by atoms with van der Waals surface area (Å²) < 4.78 is 5.37. The van der Waals surface area contributed by atoms with Crippen molar-refractivity contribution in [3.8, 4) is 11.1 Å². The Morgan fingerprint density at radius 1 is 0.867 bits per heavy atom. The molecule has 0 radical (unpaired) electrons. The lowest BCUT2D eigenvalue weighted by molar-refractivity contribution is -0.139. The number of hydrogen-bond donors (Lipinski definition) is 2. The van der Waals surface area contributed by atoms with Crippen LogP contribution in [0.15, 0.2) is 94.1 Å². The molecule has 1 amide bonds. The molecule has 0 bridgehead atoms. The smallest absolute Gasteiger partial charge is 0.344 e. The number of carbonyl (C=O) groups is 2. The van der Waals surface area contributed by atoms with Gasteiger partial charge in [0.1, 0.15) is 5.58 Å². The predicted octanol–water partition coefficient (Wildman–Crippen LogP) is 4.02. The Morgan fingerprint density at radius 3 is 2.37 bits per heavy atom. The summed E-state index contributed by atoms with van der Waals surface area (Å²) in [4.78, 5) is 36.8. The SMILES string of the molecule is O=C(NC(C(=O)O)c1ccccc1)c1cccc(-c2cc3ccccc3oc2=O)c1. The number of carboxylic acids is 1. The van der Waals surface area contributed by atoms with E-state index in [9.17, 15) is 19.5 Å². The molecular weight excluding hydrogens is 382 g/mol. The Hall–Kier alpha value is -4.19. The Labute approximate surface area is 171 Å². The lowest BCUT2D eigenvalue weighted by Crippen LogP contribution is -2.33. The van der Waals surface area contributed by atoms with Crippen molar-refractivity contribution in [3.63, 3.8) is 0 Å². The Bertz CT molecular complexity index is 1290. The summed E-state index contributed by atoms with van der Waals surface area (Å²) in [5.41, 5.74) is 1.49. The van der Waals surface area contributed by atoms with Gasteiger partial charge in [0.15, 0.2) is 6.04 Å². The second-order valence-corrected chi connectivity index (χ2v) is 6.72. The van der Waals surface area contributed by atoms with Gasteiger partial charge in [0.25, 0.3) is 5.91 Å². The minimum Gasteiger partial charge on any atom is -0.479 e. The van der Waals surface area contributed by atoms with Crippen LogP contribution in [0.25, 0.3) is 22.1 Å². The number of amides is 1. The summed E-state index contributed by atoms with van der Waals surface area (Å²) in [5, 5.41) is 12.8. The highest BCUT2D eigenvalue weighted by atomic mass is 16.4. The second kappa shape index (κ2) is 8.05.